The normalized spacial score (nSPS) is 10.3. The Hall–Kier alpha value is -2.04. The zero-order valence-electron chi connectivity index (χ0n) is 11.3. The fourth-order valence-corrected chi connectivity index (χ4v) is 1.65. The molecular weight excluding hydrogens is 244 g/mol. The van der Waals surface area contributed by atoms with Crippen molar-refractivity contribution < 1.29 is 14.7 Å². The van der Waals surface area contributed by atoms with Crippen LogP contribution in [0.25, 0.3) is 0 Å². The molecule has 104 valence electrons. The molecular formula is C14H20N2O3. The van der Waals surface area contributed by atoms with E-state index < -0.39 is 5.97 Å². The number of aliphatic carboxylic acids is 1. The quantitative estimate of drug-likeness (QED) is 0.826. The molecule has 0 fully saturated rings. The molecule has 1 aromatic rings. The summed E-state index contributed by atoms with van der Waals surface area (Å²) in [7, 11) is 0. The van der Waals surface area contributed by atoms with Crippen molar-refractivity contribution in [2.75, 3.05) is 6.54 Å². The van der Waals surface area contributed by atoms with Crippen molar-refractivity contribution in [1.82, 2.24) is 10.2 Å². The van der Waals surface area contributed by atoms with E-state index in [1.165, 1.54) is 0 Å². The van der Waals surface area contributed by atoms with Crippen molar-refractivity contribution in [3.8, 4) is 0 Å². The molecule has 0 saturated carbocycles. The van der Waals surface area contributed by atoms with E-state index in [2.05, 4.69) is 5.32 Å². The van der Waals surface area contributed by atoms with Crippen LogP contribution in [-0.2, 0) is 11.3 Å². The molecule has 2 amide bonds. The van der Waals surface area contributed by atoms with E-state index in [0.717, 1.165) is 5.56 Å². The molecule has 0 saturated heterocycles. The first kappa shape index (κ1) is 15.0. The number of nitrogens with zero attached hydrogens (tertiary/aromatic N) is 1. The fraction of sp³-hybridized carbons (Fsp3) is 0.429. The van der Waals surface area contributed by atoms with E-state index in [0.29, 0.717) is 6.54 Å². The summed E-state index contributed by atoms with van der Waals surface area (Å²) in [5.41, 5.74) is 1.05. The van der Waals surface area contributed by atoms with E-state index in [-0.39, 0.29) is 25.0 Å². The number of rotatable bonds is 6. The minimum absolute atomic E-state index is 0.0463. The maximum absolute atomic E-state index is 12.0. The third-order valence-corrected chi connectivity index (χ3v) is 2.70. The van der Waals surface area contributed by atoms with Gasteiger partial charge < -0.3 is 15.3 Å². The van der Waals surface area contributed by atoms with Gasteiger partial charge in [0, 0.05) is 19.1 Å². The van der Waals surface area contributed by atoms with Crippen molar-refractivity contribution in [3.63, 3.8) is 0 Å². The van der Waals surface area contributed by atoms with Gasteiger partial charge in [0.15, 0.2) is 0 Å². The first-order valence-electron chi connectivity index (χ1n) is 6.31. The number of hydrogen-bond donors (Lipinski definition) is 2. The van der Waals surface area contributed by atoms with E-state index in [1.54, 1.807) is 4.90 Å². The monoisotopic (exact) mass is 264 g/mol. The minimum Gasteiger partial charge on any atom is -0.481 e. The van der Waals surface area contributed by atoms with Crippen LogP contribution in [0.3, 0.4) is 0 Å². The first-order valence-corrected chi connectivity index (χ1v) is 6.31. The maximum Gasteiger partial charge on any atom is 0.317 e. The molecule has 0 aliphatic heterocycles. The highest BCUT2D eigenvalue weighted by molar-refractivity contribution is 5.75. The molecule has 0 atom stereocenters. The molecule has 1 rings (SSSR count). The number of urea groups is 1. The fourth-order valence-electron chi connectivity index (χ4n) is 1.65. The zero-order valence-corrected chi connectivity index (χ0v) is 11.3. The summed E-state index contributed by atoms with van der Waals surface area (Å²) in [5, 5.41) is 11.2. The second-order valence-corrected chi connectivity index (χ2v) is 4.58. The third kappa shape index (κ3) is 5.42. The lowest BCUT2D eigenvalue weighted by molar-refractivity contribution is -0.136. The van der Waals surface area contributed by atoms with Crippen LogP contribution in [0, 0.1) is 0 Å². The van der Waals surface area contributed by atoms with Crippen LogP contribution in [0.5, 0.6) is 0 Å². The molecule has 2 N–H and O–H groups in total. The van der Waals surface area contributed by atoms with Crippen LogP contribution in [-0.4, -0.2) is 34.6 Å². The van der Waals surface area contributed by atoms with Gasteiger partial charge in [-0.1, -0.05) is 30.3 Å². The highest BCUT2D eigenvalue weighted by atomic mass is 16.4. The van der Waals surface area contributed by atoms with Gasteiger partial charge in [-0.05, 0) is 19.4 Å². The second kappa shape index (κ2) is 7.41. The Morgan fingerprint density at radius 1 is 1.26 bits per heavy atom. The largest absolute Gasteiger partial charge is 0.481 e. The van der Waals surface area contributed by atoms with Gasteiger partial charge in [0.2, 0.25) is 0 Å². The summed E-state index contributed by atoms with van der Waals surface area (Å²) in [6.07, 6.45) is -0.0665. The molecule has 0 aromatic heterocycles. The molecule has 5 heteroatoms. The smallest absolute Gasteiger partial charge is 0.317 e. The van der Waals surface area contributed by atoms with Crippen molar-refractivity contribution in [3.05, 3.63) is 35.9 Å². The molecule has 0 aliphatic carbocycles. The number of carbonyl (C=O) groups is 2. The Kier molecular flexibility index (Phi) is 5.85. The average molecular weight is 264 g/mol. The van der Waals surface area contributed by atoms with E-state index in [9.17, 15) is 9.59 Å². The van der Waals surface area contributed by atoms with Crippen LogP contribution in [0.1, 0.15) is 25.8 Å². The van der Waals surface area contributed by atoms with Crippen LogP contribution in [0.15, 0.2) is 30.3 Å². The molecule has 0 radical (unpaired) electrons. The molecule has 1 aromatic carbocycles. The molecule has 0 unspecified atom stereocenters. The van der Waals surface area contributed by atoms with Crippen LogP contribution in [0.2, 0.25) is 0 Å². The predicted octanol–water partition coefficient (Wildman–Crippen LogP) is 2.08. The lowest BCUT2D eigenvalue weighted by Crippen LogP contribution is -2.44. The molecule has 19 heavy (non-hydrogen) atoms. The van der Waals surface area contributed by atoms with Gasteiger partial charge in [-0.15, -0.1) is 0 Å². The topological polar surface area (TPSA) is 69.6 Å². The number of hydrogen-bond acceptors (Lipinski definition) is 2. The summed E-state index contributed by atoms with van der Waals surface area (Å²) in [6.45, 7) is 4.52. The van der Waals surface area contributed by atoms with Crippen LogP contribution < -0.4 is 5.32 Å². The number of benzene rings is 1. The Morgan fingerprint density at radius 2 is 1.89 bits per heavy atom. The number of amides is 2. The summed E-state index contributed by atoms with van der Waals surface area (Å²) in [4.78, 5) is 24.1. The molecule has 0 heterocycles. The third-order valence-electron chi connectivity index (χ3n) is 2.70. The number of carbonyl (C=O) groups excluding carboxylic acids is 1. The van der Waals surface area contributed by atoms with E-state index >= 15 is 0 Å². The van der Waals surface area contributed by atoms with Crippen molar-refractivity contribution in [2.24, 2.45) is 0 Å². The second-order valence-electron chi connectivity index (χ2n) is 4.58. The molecule has 0 aliphatic rings. The zero-order chi connectivity index (χ0) is 14.3. The Labute approximate surface area is 113 Å². The van der Waals surface area contributed by atoms with E-state index in [4.69, 9.17) is 5.11 Å². The maximum atomic E-state index is 12.0. The molecule has 0 bridgehead atoms. The van der Waals surface area contributed by atoms with Crippen LogP contribution in [0.4, 0.5) is 4.79 Å². The van der Waals surface area contributed by atoms with Crippen molar-refractivity contribution in [2.45, 2.75) is 32.9 Å². The summed E-state index contributed by atoms with van der Waals surface area (Å²) in [6, 6.07) is 9.51. The summed E-state index contributed by atoms with van der Waals surface area (Å²) >= 11 is 0. The first-order chi connectivity index (χ1) is 9.00. The lowest BCUT2D eigenvalue weighted by atomic mass is 10.2. The number of carboxylic acid groups (broad SMARTS) is 1. The number of nitrogens with one attached hydrogen (secondary N) is 1. The van der Waals surface area contributed by atoms with Gasteiger partial charge in [-0.25, -0.2) is 4.79 Å². The standard InChI is InChI=1S/C14H20N2O3/c1-11(2)16(10-12-6-4-3-5-7-12)14(19)15-9-8-13(17)18/h3-7,11H,8-10H2,1-2H3,(H,15,19)(H,17,18). The van der Waals surface area contributed by atoms with Gasteiger partial charge in [0.05, 0.1) is 6.42 Å². The molecule has 0 spiro atoms. The highest BCUT2D eigenvalue weighted by Crippen LogP contribution is 2.08. The predicted molar refractivity (Wildman–Crippen MR) is 72.8 cm³/mol. The average Bonchev–Trinajstić information content (AvgIpc) is 2.36. The Morgan fingerprint density at radius 3 is 2.42 bits per heavy atom. The summed E-state index contributed by atoms with van der Waals surface area (Å²) < 4.78 is 0. The van der Waals surface area contributed by atoms with Gasteiger partial charge in [-0.3, -0.25) is 4.79 Å². The van der Waals surface area contributed by atoms with Crippen LogP contribution >= 0.6 is 0 Å². The molecule has 5 nitrogen and oxygen atoms in total. The Bertz CT molecular complexity index is 418. The van der Waals surface area contributed by atoms with Gasteiger partial charge in [-0.2, -0.15) is 0 Å². The van der Waals surface area contributed by atoms with Crippen molar-refractivity contribution >= 4 is 12.0 Å². The summed E-state index contributed by atoms with van der Waals surface area (Å²) in [5.74, 6) is -0.917. The lowest BCUT2D eigenvalue weighted by Gasteiger charge is -2.27. The minimum atomic E-state index is -0.917. The van der Waals surface area contributed by atoms with Gasteiger partial charge in [0.1, 0.15) is 0 Å². The van der Waals surface area contributed by atoms with Crippen molar-refractivity contribution in [1.29, 1.82) is 0 Å². The SMILES string of the molecule is CC(C)N(Cc1ccccc1)C(=O)NCCC(=O)O. The van der Waals surface area contributed by atoms with E-state index in [1.807, 2.05) is 44.2 Å². The van der Waals surface area contributed by atoms with Gasteiger partial charge in [0.25, 0.3) is 0 Å². The highest BCUT2D eigenvalue weighted by Gasteiger charge is 2.16. The Balaban J connectivity index is 2.57. The van der Waals surface area contributed by atoms with Gasteiger partial charge >= 0.3 is 12.0 Å². The number of carboxylic acids is 1.